The third-order valence-electron chi connectivity index (χ3n) is 5.89. The van der Waals surface area contributed by atoms with Gasteiger partial charge in [0.1, 0.15) is 5.92 Å². The fourth-order valence-corrected chi connectivity index (χ4v) is 4.34. The standard InChI is InChI=1S/C26H22N4O3/c1-16-22(24(31)28-19-8-4-3-5-9-19)23(17-12-14-18(15-13-17)25(32)33-2)30-21-11-7-6-10-20(21)29-26(30)27-16/h3-15,22-23H,1-2H3,(H,28,31). The molecule has 7 nitrogen and oxygen atoms in total. The van der Waals surface area contributed by atoms with Crippen molar-refractivity contribution in [1.82, 2.24) is 9.55 Å². The van der Waals surface area contributed by atoms with Gasteiger partial charge in [0.2, 0.25) is 11.9 Å². The first-order chi connectivity index (χ1) is 16.1. The summed E-state index contributed by atoms with van der Waals surface area (Å²) in [6.45, 7) is 1.86. The van der Waals surface area contributed by atoms with Gasteiger partial charge in [-0.3, -0.25) is 9.36 Å². The highest BCUT2D eigenvalue weighted by Gasteiger charge is 2.39. The van der Waals surface area contributed by atoms with Crippen LogP contribution in [-0.4, -0.2) is 34.2 Å². The van der Waals surface area contributed by atoms with Crippen LogP contribution in [0.4, 0.5) is 11.6 Å². The highest BCUT2D eigenvalue weighted by Crippen LogP contribution is 2.40. The van der Waals surface area contributed by atoms with E-state index in [9.17, 15) is 9.59 Å². The molecule has 0 saturated carbocycles. The topological polar surface area (TPSA) is 85.6 Å². The van der Waals surface area contributed by atoms with Crippen LogP contribution in [0.15, 0.2) is 83.9 Å². The smallest absolute Gasteiger partial charge is 0.337 e. The quantitative estimate of drug-likeness (QED) is 0.465. The van der Waals surface area contributed by atoms with Crippen LogP contribution in [-0.2, 0) is 9.53 Å². The van der Waals surface area contributed by atoms with E-state index >= 15 is 0 Å². The van der Waals surface area contributed by atoms with Crippen molar-refractivity contribution in [2.75, 3.05) is 12.4 Å². The molecule has 164 valence electrons. The van der Waals surface area contributed by atoms with E-state index in [0.29, 0.717) is 17.2 Å². The number of fused-ring (bicyclic) bond motifs is 3. The Morgan fingerprint density at radius 3 is 2.36 bits per heavy atom. The first kappa shape index (κ1) is 20.6. The predicted octanol–water partition coefficient (Wildman–Crippen LogP) is 4.77. The van der Waals surface area contributed by atoms with Gasteiger partial charge in [-0.15, -0.1) is 0 Å². The zero-order valence-corrected chi connectivity index (χ0v) is 18.2. The normalized spacial score (nSPS) is 17.2. The lowest BCUT2D eigenvalue weighted by molar-refractivity contribution is -0.118. The molecule has 2 heterocycles. The maximum Gasteiger partial charge on any atom is 0.337 e. The van der Waals surface area contributed by atoms with Crippen molar-refractivity contribution < 1.29 is 14.3 Å². The summed E-state index contributed by atoms with van der Waals surface area (Å²) in [5.41, 5.74) is 4.41. The Morgan fingerprint density at radius 1 is 0.939 bits per heavy atom. The van der Waals surface area contributed by atoms with E-state index in [1.54, 1.807) is 12.1 Å². The zero-order chi connectivity index (χ0) is 22.9. The molecule has 1 aliphatic rings. The number of hydrogen-bond donors (Lipinski definition) is 1. The maximum absolute atomic E-state index is 13.6. The summed E-state index contributed by atoms with van der Waals surface area (Å²) >= 11 is 0. The molecule has 0 fully saturated rings. The minimum Gasteiger partial charge on any atom is -0.465 e. The molecule has 0 saturated heterocycles. The summed E-state index contributed by atoms with van der Waals surface area (Å²) in [6, 6.07) is 23.9. The van der Waals surface area contributed by atoms with E-state index in [1.807, 2.05) is 78.2 Å². The van der Waals surface area contributed by atoms with Gasteiger partial charge in [0, 0.05) is 11.4 Å². The number of para-hydroxylation sites is 3. The number of nitrogens with zero attached hydrogens (tertiary/aromatic N) is 3. The summed E-state index contributed by atoms with van der Waals surface area (Å²) in [6.07, 6.45) is 0. The van der Waals surface area contributed by atoms with E-state index in [1.165, 1.54) is 7.11 Å². The Balaban J connectivity index is 1.64. The number of anilines is 1. The second-order valence-electron chi connectivity index (χ2n) is 7.92. The van der Waals surface area contributed by atoms with Crippen molar-refractivity contribution in [1.29, 1.82) is 0 Å². The van der Waals surface area contributed by atoms with E-state index < -0.39 is 11.9 Å². The van der Waals surface area contributed by atoms with Gasteiger partial charge in [-0.1, -0.05) is 42.5 Å². The molecule has 4 aromatic rings. The minimum absolute atomic E-state index is 0.159. The highest BCUT2D eigenvalue weighted by atomic mass is 16.5. The van der Waals surface area contributed by atoms with Crippen LogP contribution in [0.3, 0.4) is 0 Å². The number of ether oxygens (including phenoxy) is 1. The van der Waals surface area contributed by atoms with Crippen LogP contribution in [0, 0.1) is 5.92 Å². The third-order valence-corrected chi connectivity index (χ3v) is 5.89. The minimum atomic E-state index is -0.570. The molecular weight excluding hydrogens is 416 g/mol. The van der Waals surface area contributed by atoms with Gasteiger partial charge in [0.05, 0.1) is 29.7 Å². The maximum atomic E-state index is 13.6. The van der Waals surface area contributed by atoms with Crippen LogP contribution in [0.2, 0.25) is 0 Å². The molecule has 0 radical (unpaired) electrons. The van der Waals surface area contributed by atoms with Crippen molar-refractivity contribution in [3.63, 3.8) is 0 Å². The van der Waals surface area contributed by atoms with Crippen molar-refractivity contribution >= 4 is 40.3 Å². The summed E-state index contributed by atoms with van der Waals surface area (Å²) in [5, 5.41) is 3.02. The van der Waals surface area contributed by atoms with Gasteiger partial charge in [-0.05, 0) is 48.9 Å². The van der Waals surface area contributed by atoms with Gasteiger partial charge in [-0.2, -0.15) is 0 Å². The number of aliphatic imine (C=N–C) groups is 1. The number of carbonyl (C=O) groups excluding carboxylic acids is 2. The molecule has 2 atom stereocenters. The van der Waals surface area contributed by atoms with Crippen LogP contribution in [0.25, 0.3) is 11.0 Å². The Kier molecular flexibility index (Phi) is 5.22. The van der Waals surface area contributed by atoms with Crippen molar-refractivity contribution in [3.8, 4) is 0 Å². The van der Waals surface area contributed by atoms with Crippen molar-refractivity contribution in [2.24, 2.45) is 10.9 Å². The Labute approximate surface area is 190 Å². The number of imidazole rings is 1. The number of hydrogen-bond acceptors (Lipinski definition) is 5. The number of amides is 1. The number of carbonyl (C=O) groups is 2. The molecule has 2 unspecified atom stereocenters. The van der Waals surface area contributed by atoms with Gasteiger partial charge in [-0.25, -0.2) is 14.8 Å². The fraction of sp³-hybridized carbons (Fsp3) is 0.154. The van der Waals surface area contributed by atoms with E-state index in [0.717, 1.165) is 22.3 Å². The molecule has 1 aromatic heterocycles. The third kappa shape index (κ3) is 3.67. The monoisotopic (exact) mass is 438 g/mol. The molecule has 1 aliphatic heterocycles. The van der Waals surface area contributed by atoms with E-state index in [-0.39, 0.29) is 11.9 Å². The average molecular weight is 438 g/mol. The van der Waals surface area contributed by atoms with Gasteiger partial charge >= 0.3 is 5.97 Å². The van der Waals surface area contributed by atoms with E-state index in [2.05, 4.69) is 10.3 Å². The number of methoxy groups -OCH3 is 1. The van der Waals surface area contributed by atoms with Gasteiger partial charge < -0.3 is 10.1 Å². The number of rotatable bonds is 4. The average Bonchev–Trinajstić information content (AvgIpc) is 3.21. The number of nitrogens with one attached hydrogen (secondary N) is 1. The van der Waals surface area contributed by atoms with Crippen molar-refractivity contribution in [3.05, 3.63) is 90.0 Å². The first-order valence-corrected chi connectivity index (χ1v) is 10.6. The molecule has 0 bridgehead atoms. The predicted molar refractivity (Wildman–Crippen MR) is 127 cm³/mol. The molecule has 33 heavy (non-hydrogen) atoms. The SMILES string of the molecule is COC(=O)c1ccc(C2C(C(=O)Nc3ccccc3)C(C)=Nc3nc4ccccc4n32)cc1. The fourth-order valence-electron chi connectivity index (χ4n) is 4.34. The van der Waals surface area contributed by atoms with Gasteiger partial charge in [0.15, 0.2) is 0 Å². The van der Waals surface area contributed by atoms with Crippen molar-refractivity contribution in [2.45, 2.75) is 13.0 Å². The highest BCUT2D eigenvalue weighted by molar-refractivity contribution is 6.10. The molecule has 1 N–H and O–H groups in total. The second kappa shape index (κ2) is 8.35. The molecule has 3 aromatic carbocycles. The Hall–Kier alpha value is -4.26. The van der Waals surface area contributed by atoms with E-state index in [4.69, 9.17) is 9.73 Å². The Bertz CT molecular complexity index is 1370. The summed E-state index contributed by atoms with van der Waals surface area (Å²) in [7, 11) is 1.35. The lowest BCUT2D eigenvalue weighted by Crippen LogP contribution is -2.38. The molecule has 1 amide bonds. The number of benzene rings is 3. The van der Waals surface area contributed by atoms with Crippen LogP contribution in [0.5, 0.6) is 0 Å². The van der Waals surface area contributed by atoms with Crippen LogP contribution >= 0.6 is 0 Å². The zero-order valence-electron chi connectivity index (χ0n) is 18.2. The largest absolute Gasteiger partial charge is 0.465 e. The lowest BCUT2D eigenvalue weighted by Gasteiger charge is -2.32. The van der Waals surface area contributed by atoms with Crippen LogP contribution < -0.4 is 5.32 Å². The molecular formula is C26H22N4O3. The second-order valence-corrected chi connectivity index (χ2v) is 7.92. The van der Waals surface area contributed by atoms with Gasteiger partial charge in [0.25, 0.3) is 0 Å². The summed E-state index contributed by atoms with van der Waals surface area (Å²) in [5.74, 6) is -0.582. The number of esters is 1. The first-order valence-electron chi connectivity index (χ1n) is 10.6. The Morgan fingerprint density at radius 2 is 1.64 bits per heavy atom. The molecule has 0 aliphatic carbocycles. The summed E-state index contributed by atoms with van der Waals surface area (Å²) in [4.78, 5) is 34.9. The number of aromatic nitrogens is 2. The molecule has 7 heteroatoms. The molecule has 0 spiro atoms. The molecule has 5 rings (SSSR count). The summed E-state index contributed by atoms with van der Waals surface area (Å²) < 4.78 is 6.83. The lowest BCUT2D eigenvalue weighted by atomic mass is 9.86. The van der Waals surface area contributed by atoms with Crippen LogP contribution in [0.1, 0.15) is 28.9 Å².